The Morgan fingerprint density at radius 1 is 1.53 bits per heavy atom. The lowest BCUT2D eigenvalue weighted by Gasteiger charge is -2.18. The van der Waals surface area contributed by atoms with E-state index < -0.39 is 17.1 Å². The van der Waals surface area contributed by atoms with Gasteiger partial charge < -0.3 is 15.9 Å². The van der Waals surface area contributed by atoms with Crippen molar-refractivity contribution >= 4 is 11.4 Å². The third-order valence-electron chi connectivity index (χ3n) is 2.55. The molecule has 0 saturated carbocycles. The number of hydrogen-bond donors (Lipinski definition) is 3. The minimum absolute atomic E-state index is 0.00353. The number of nitrogens with zero attached hydrogens (tertiary/aromatic N) is 4. The fourth-order valence-electron chi connectivity index (χ4n) is 1.53. The third-order valence-corrected chi connectivity index (χ3v) is 2.55. The van der Waals surface area contributed by atoms with Gasteiger partial charge in [-0.1, -0.05) is 5.11 Å². The first kappa shape index (κ1) is 14.7. The van der Waals surface area contributed by atoms with Crippen molar-refractivity contribution in [1.29, 1.82) is 0 Å². The summed E-state index contributed by atoms with van der Waals surface area (Å²) < 4.78 is 0. The Bertz CT molecular complexity index is 515. The smallest absolute Gasteiger partial charge is 0.269 e. The lowest BCUT2D eigenvalue weighted by Crippen LogP contribution is -2.20. The molecule has 9 nitrogen and oxygen atoms in total. The van der Waals surface area contributed by atoms with Crippen molar-refractivity contribution in [3.05, 3.63) is 44.3 Å². The van der Waals surface area contributed by atoms with E-state index in [1.54, 1.807) is 0 Å². The molecule has 0 aliphatic carbocycles. The standard InChI is InChI=1S/C10H13N5O4/c11-8-2-1-6(15(18)19)5-7(8)10(17)9(16)3-4-13-14-12/h1-2,5,9-10,16-17H,3-4,11H2. The fraction of sp³-hybridized carbons (Fsp3) is 0.400. The minimum Gasteiger partial charge on any atom is -0.398 e. The molecule has 2 atom stereocenters. The molecule has 9 heteroatoms. The number of rotatable bonds is 6. The van der Waals surface area contributed by atoms with Gasteiger partial charge >= 0.3 is 0 Å². The Labute approximate surface area is 108 Å². The van der Waals surface area contributed by atoms with Gasteiger partial charge in [-0.3, -0.25) is 10.1 Å². The summed E-state index contributed by atoms with van der Waals surface area (Å²) in [4.78, 5) is 12.5. The molecule has 0 fully saturated rings. The van der Waals surface area contributed by atoms with Gasteiger partial charge in [-0.05, 0) is 18.0 Å². The van der Waals surface area contributed by atoms with Crippen LogP contribution in [0.3, 0.4) is 0 Å². The maximum atomic E-state index is 10.6. The van der Waals surface area contributed by atoms with E-state index in [1.807, 2.05) is 0 Å². The zero-order valence-electron chi connectivity index (χ0n) is 9.88. The van der Waals surface area contributed by atoms with Crippen LogP contribution in [0.1, 0.15) is 18.1 Å². The van der Waals surface area contributed by atoms with Crippen LogP contribution in [0.15, 0.2) is 23.3 Å². The molecule has 1 rings (SSSR count). The van der Waals surface area contributed by atoms with Gasteiger partial charge in [0, 0.05) is 34.8 Å². The SMILES string of the molecule is [N-]=[N+]=NCCC(O)C(O)c1cc([N+](=O)[O-])ccc1N. The highest BCUT2D eigenvalue weighted by atomic mass is 16.6. The molecule has 0 amide bonds. The summed E-state index contributed by atoms with van der Waals surface area (Å²) in [5, 5.41) is 33.4. The summed E-state index contributed by atoms with van der Waals surface area (Å²) >= 11 is 0. The molecule has 19 heavy (non-hydrogen) atoms. The first-order valence-corrected chi connectivity index (χ1v) is 5.38. The number of anilines is 1. The van der Waals surface area contributed by atoms with E-state index in [2.05, 4.69) is 10.0 Å². The van der Waals surface area contributed by atoms with E-state index in [9.17, 15) is 20.3 Å². The Morgan fingerprint density at radius 2 is 2.21 bits per heavy atom. The molecule has 0 aliphatic heterocycles. The van der Waals surface area contributed by atoms with E-state index in [1.165, 1.54) is 12.1 Å². The van der Waals surface area contributed by atoms with Crippen LogP contribution in [-0.4, -0.2) is 27.8 Å². The van der Waals surface area contributed by atoms with E-state index in [-0.39, 0.29) is 29.9 Å². The van der Waals surface area contributed by atoms with Crippen molar-refractivity contribution in [2.45, 2.75) is 18.6 Å². The van der Waals surface area contributed by atoms with Crippen LogP contribution in [0.5, 0.6) is 0 Å². The second-order valence-electron chi connectivity index (χ2n) is 3.83. The number of azide groups is 1. The summed E-state index contributed by atoms with van der Waals surface area (Å²) in [5.41, 5.74) is 13.7. The third kappa shape index (κ3) is 3.81. The van der Waals surface area contributed by atoms with Crippen molar-refractivity contribution < 1.29 is 15.1 Å². The maximum Gasteiger partial charge on any atom is 0.269 e. The molecule has 0 radical (unpaired) electrons. The number of aliphatic hydroxyl groups is 2. The number of nitro groups is 1. The summed E-state index contributed by atoms with van der Waals surface area (Å²) in [7, 11) is 0. The van der Waals surface area contributed by atoms with Crippen LogP contribution in [0.2, 0.25) is 0 Å². The summed E-state index contributed by atoms with van der Waals surface area (Å²) in [5.74, 6) is 0. The Kier molecular flexibility index (Phi) is 5.07. The van der Waals surface area contributed by atoms with Crippen molar-refractivity contribution in [2.24, 2.45) is 5.11 Å². The minimum atomic E-state index is -1.38. The molecule has 1 aromatic carbocycles. The number of nitrogens with two attached hydrogens (primary N) is 1. The van der Waals surface area contributed by atoms with Gasteiger partial charge in [0.05, 0.1) is 11.0 Å². The first-order chi connectivity index (χ1) is 8.97. The number of hydrogen-bond acceptors (Lipinski definition) is 6. The normalized spacial score (nSPS) is 13.4. The summed E-state index contributed by atoms with van der Waals surface area (Å²) in [6, 6.07) is 3.60. The van der Waals surface area contributed by atoms with Gasteiger partial charge in [-0.25, -0.2) is 0 Å². The summed E-state index contributed by atoms with van der Waals surface area (Å²) in [6.07, 6.45) is -2.59. The number of nitrogen functional groups attached to an aromatic ring is 1. The van der Waals surface area contributed by atoms with Gasteiger partial charge in [0.2, 0.25) is 0 Å². The molecular weight excluding hydrogens is 254 g/mol. The molecule has 1 aromatic rings. The summed E-state index contributed by atoms with van der Waals surface area (Å²) in [6.45, 7) is 0.00353. The van der Waals surface area contributed by atoms with Gasteiger partial charge in [-0.15, -0.1) is 0 Å². The Balaban J connectivity index is 2.91. The maximum absolute atomic E-state index is 10.6. The van der Waals surface area contributed by atoms with Gasteiger partial charge in [0.15, 0.2) is 0 Å². The second-order valence-corrected chi connectivity index (χ2v) is 3.83. The number of benzene rings is 1. The largest absolute Gasteiger partial charge is 0.398 e. The van der Waals surface area contributed by atoms with E-state index in [4.69, 9.17) is 11.3 Å². The molecular formula is C10H13N5O4. The van der Waals surface area contributed by atoms with Gasteiger partial charge in [-0.2, -0.15) is 0 Å². The van der Waals surface area contributed by atoms with Gasteiger partial charge in [0.1, 0.15) is 6.10 Å². The van der Waals surface area contributed by atoms with Crippen molar-refractivity contribution in [1.82, 2.24) is 0 Å². The highest BCUT2D eigenvalue weighted by Gasteiger charge is 2.22. The van der Waals surface area contributed by atoms with Gasteiger partial charge in [0.25, 0.3) is 5.69 Å². The van der Waals surface area contributed by atoms with Crippen LogP contribution in [0.25, 0.3) is 10.4 Å². The topological polar surface area (TPSA) is 158 Å². The van der Waals surface area contributed by atoms with Crippen LogP contribution < -0.4 is 5.73 Å². The van der Waals surface area contributed by atoms with Crippen molar-refractivity contribution in [2.75, 3.05) is 12.3 Å². The Morgan fingerprint density at radius 3 is 2.79 bits per heavy atom. The molecule has 102 valence electrons. The van der Waals surface area contributed by atoms with Crippen LogP contribution in [-0.2, 0) is 0 Å². The monoisotopic (exact) mass is 267 g/mol. The van der Waals surface area contributed by atoms with E-state index in [0.717, 1.165) is 6.07 Å². The van der Waals surface area contributed by atoms with Crippen LogP contribution in [0, 0.1) is 10.1 Å². The predicted molar refractivity (Wildman–Crippen MR) is 67.1 cm³/mol. The Hall–Kier alpha value is -2.35. The number of aliphatic hydroxyl groups excluding tert-OH is 2. The highest BCUT2D eigenvalue weighted by Crippen LogP contribution is 2.28. The van der Waals surface area contributed by atoms with Crippen LogP contribution >= 0.6 is 0 Å². The van der Waals surface area contributed by atoms with E-state index >= 15 is 0 Å². The quantitative estimate of drug-likeness (QED) is 0.176. The molecule has 0 aliphatic rings. The average Bonchev–Trinajstić information content (AvgIpc) is 2.38. The number of non-ortho nitro benzene ring substituents is 1. The lowest BCUT2D eigenvalue weighted by molar-refractivity contribution is -0.385. The highest BCUT2D eigenvalue weighted by molar-refractivity contribution is 5.53. The molecule has 0 bridgehead atoms. The zero-order chi connectivity index (χ0) is 14.4. The fourth-order valence-corrected chi connectivity index (χ4v) is 1.53. The lowest BCUT2D eigenvalue weighted by atomic mass is 10.00. The molecule has 4 N–H and O–H groups in total. The molecule has 0 heterocycles. The second kappa shape index (κ2) is 6.55. The molecule has 0 spiro atoms. The van der Waals surface area contributed by atoms with Crippen molar-refractivity contribution in [3.8, 4) is 0 Å². The molecule has 0 saturated heterocycles. The van der Waals surface area contributed by atoms with Crippen molar-refractivity contribution in [3.63, 3.8) is 0 Å². The predicted octanol–water partition coefficient (Wildman–Crippen LogP) is 1.27. The zero-order valence-corrected chi connectivity index (χ0v) is 9.88. The first-order valence-electron chi connectivity index (χ1n) is 5.38. The molecule has 2 unspecified atom stereocenters. The number of nitro benzene ring substituents is 1. The molecule has 0 aromatic heterocycles. The van der Waals surface area contributed by atoms with Crippen LogP contribution in [0.4, 0.5) is 11.4 Å². The average molecular weight is 267 g/mol. The van der Waals surface area contributed by atoms with E-state index in [0.29, 0.717) is 0 Å².